The van der Waals surface area contributed by atoms with E-state index < -0.39 is 86.8 Å². The van der Waals surface area contributed by atoms with Crippen molar-refractivity contribution in [3.05, 3.63) is 48.6 Å². The van der Waals surface area contributed by atoms with Gasteiger partial charge >= 0.3 is 0 Å². The summed E-state index contributed by atoms with van der Waals surface area (Å²) in [5.41, 5.74) is 0. The second-order valence-corrected chi connectivity index (χ2v) is 16.9. The molecular formula is C48H85NO13. The Bertz CT molecular complexity index is 1230. The van der Waals surface area contributed by atoms with Crippen molar-refractivity contribution in [3.63, 3.8) is 0 Å². The summed E-state index contributed by atoms with van der Waals surface area (Å²) in [6.45, 7) is 2.63. The summed E-state index contributed by atoms with van der Waals surface area (Å²) in [5.74, 6) is -0.260. The highest BCUT2D eigenvalue weighted by atomic mass is 16.7. The molecule has 360 valence electrons. The van der Waals surface area contributed by atoms with E-state index in [9.17, 15) is 45.6 Å². The SMILES string of the molecule is CC/C=C\C/C=C\C/C=C\CCCCCCCC(=O)NC(COC1OC(CO)C(OC2OC(CO)C(O)C(O)C2O)C(O)C1O)C(O)/C=C/CCCCCCCCCCCCC. The number of unbranched alkanes of at least 4 members (excludes halogenated alkanes) is 16. The van der Waals surface area contributed by atoms with E-state index in [0.717, 1.165) is 70.6 Å². The molecule has 0 spiro atoms. The van der Waals surface area contributed by atoms with Crippen LogP contribution < -0.4 is 5.32 Å². The fraction of sp³-hybridized carbons (Fsp3) is 0.812. The number of amides is 1. The van der Waals surface area contributed by atoms with Crippen LogP contribution in [-0.4, -0.2) is 140 Å². The second kappa shape index (κ2) is 35.2. The van der Waals surface area contributed by atoms with Crippen LogP contribution in [-0.2, 0) is 23.7 Å². The van der Waals surface area contributed by atoms with Crippen LogP contribution in [0.25, 0.3) is 0 Å². The second-order valence-electron chi connectivity index (χ2n) is 16.9. The van der Waals surface area contributed by atoms with Crippen molar-refractivity contribution in [2.24, 2.45) is 0 Å². The standard InChI is InChI=1S/C48H85NO13/c1-3-5-7-9-11-13-15-17-18-20-22-24-26-28-30-32-40(53)49-36(37(52)31-29-27-25-23-21-19-16-14-12-10-8-6-4-2)35-59-47-45(58)43(56)46(39(34-51)61-47)62-48-44(57)42(55)41(54)38(33-50)60-48/h5,7,11,13,17-18,29,31,36-39,41-48,50-52,54-58H,3-4,6,8-10,12,14-16,19-28,30,32-35H2,1-2H3,(H,49,53)/b7-5-,13-11-,18-17-,31-29+. The molecule has 14 heteroatoms. The predicted molar refractivity (Wildman–Crippen MR) is 240 cm³/mol. The third-order valence-electron chi connectivity index (χ3n) is 11.5. The summed E-state index contributed by atoms with van der Waals surface area (Å²) < 4.78 is 22.6. The lowest BCUT2D eigenvalue weighted by atomic mass is 9.97. The lowest BCUT2D eigenvalue weighted by Crippen LogP contribution is -2.65. The van der Waals surface area contributed by atoms with E-state index in [4.69, 9.17) is 18.9 Å². The Morgan fingerprint density at radius 1 is 0.597 bits per heavy atom. The van der Waals surface area contributed by atoms with Gasteiger partial charge in [0.05, 0.1) is 32.0 Å². The molecule has 2 rings (SSSR count). The van der Waals surface area contributed by atoms with Crippen molar-refractivity contribution >= 4 is 5.91 Å². The van der Waals surface area contributed by atoms with Crippen LogP contribution in [0.5, 0.6) is 0 Å². The maximum absolute atomic E-state index is 13.1. The third-order valence-corrected chi connectivity index (χ3v) is 11.5. The largest absolute Gasteiger partial charge is 0.394 e. The molecule has 0 radical (unpaired) electrons. The highest BCUT2D eigenvalue weighted by molar-refractivity contribution is 5.76. The summed E-state index contributed by atoms with van der Waals surface area (Å²) in [4.78, 5) is 13.1. The number of aliphatic hydroxyl groups excluding tert-OH is 8. The van der Waals surface area contributed by atoms with Crippen molar-refractivity contribution < 1.29 is 64.6 Å². The quantitative estimate of drug-likeness (QED) is 0.0291. The molecule has 0 aromatic heterocycles. The maximum Gasteiger partial charge on any atom is 0.220 e. The fourth-order valence-electron chi connectivity index (χ4n) is 7.60. The Kier molecular flexibility index (Phi) is 31.9. The van der Waals surface area contributed by atoms with Crippen LogP contribution in [0.15, 0.2) is 48.6 Å². The molecule has 1 amide bonds. The minimum atomic E-state index is -1.79. The molecular weight excluding hydrogens is 799 g/mol. The van der Waals surface area contributed by atoms with Crippen LogP contribution in [0.2, 0.25) is 0 Å². The first-order valence-corrected chi connectivity index (χ1v) is 23.9. The molecule has 62 heavy (non-hydrogen) atoms. The summed E-state index contributed by atoms with van der Waals surface area (Å²) in [5, 5.41) is 86.5. The zero-order valence-electron chi connectivity index (χ0n) is 37.8. The molecule has 0 aromatic rings. The predicted octanol–water partition coefficient (Wildman–Crippen LogP) is 5.32. The van der Waals surface area contributed by atoms with Crippen molar-refractivity contribution in [3.8, 4) is 0 Å². The summed E-state index contributed by atoms with van der Waals surface area (Å²) in [6, 6.07) is -0.922. The highest BCUT2D eigenvalue weighted by Crippen LogP contribution is 2.30. The average molecular weight is 884 g/mol. The Labute approximate surface area is 372 Å². The van der Waals surface area contributed by atoms with Crippen LogP contribution >= 0.6 is 0 Å². The summed E-state index contributed by atoms with van der Waals surface area (Å²) in [6.07, 6.45) is 22.9. The van der Waals surface area contributed by atoms with Crippen molar-refractivity contribution in [2.75, 3.05) is 19.8 Å². The van der Waals surface area contributed by atoms with E-state index in [2.05, 4.69) is 55.6 Å². The monoisotopic (exact) mass is 884 g/mol. The van der Waals surface area contributed by atoms with Gasteiger partial charge in [-0.15, -0.1) is 0 Å². The van der Waals surface area contributed by atoms with Gasteiger partial charge in [-0.05, 0) is 51.4 Å². The van der Waals surface area contributed by atoms with Gasteiger partial charge in [-0.3, -0.25) is 4.79 Å². The maximum atomic E-state index is 13.1. The Morgan fingerprint density at radius 3 is 1.71 bits per heavy atom. The minimum Gasteiger partial charge on any atom is -0.394 e. The zero-order chi connectivity index (χ0) is 45.4. The van der Waals surface area contributed by atoms with E-state index in [1.54, 1.807) is 6.08 Å². The molecule has 12 atom stereocenters. The van der Waals surface area contributed by atoms with Gasteiger partial charge in [-0.25, -0.2) is 0 Å². The van der Waals surface area contributed by atoms with Gasteiger partial charge in [0.1, 0.15) is 48.8 Å². The van der Waals surface area contributed by atoms with Gasteiger partial charge in [-0.2, -0.15) is 0 Å². The Hall–Kier alpha value is -2.05. The number of carbonyl (C=O) groups is 1. The van der Waals surface area contributed by atoms with Crippen molar-refractivity contribution in [2.45, 2.75) is 229 Å². The molecule has 9 N–H and O–H groups in total. The lowest BCUT2D eigenvalue weighted by molar-refractivity contribution is -0.359. The zero-order valence-corrected chi connectivity index (χ0v) is 37.8. The first kappa shape index (κ1) is 56.1. The molecule has 2 fully saturated rings. The lowest BCUT2D eigenvalue weighted by Gasteiger charge is -2.46. The van der Waals surface area contributed by atoms with Gasteiger partial charge < -0.3 is 65.1 Å². The first-order chi connectivity index (χ1) is 30.1. The number of aliphatic hydroxyl groups is 8. The van der Waals surface area contributed by atoms with Gasteiger partial charge in [0.2, 0.25) is 5.91 Å². The van der Waals surface area contributed by atoms with Crippen LogP contribution in [0, 0.1) is 0 Å². The third kappa shape index (κ3) is 22.7. The summed E-state index contributed by atoms with van der Waals surface area (Å²) in [7, 11) is 0. The normalized spacial score (nSPS) is 28.2. The first-order valence-electron chi connectivity index (χ1n) is 23.9. The molecule has 14 nitrogen and oxygen atoms in total. The minimum absolute atomic E-state index is 0.260. The molecule has 2 heterocycles. The van der Waals surface area contributed by atoms with E-state index in [0.29, 0.717) is 6.42 Å². The molecule has 0 aromatic carbocycles. The molecule has 2 saturated heterocycles. The molecule has 12 unspecified atom stereocenters. The highest BCUT2D eigenvalue weighted by Gasteiger charge is 2.51. The number of rotatable bonds is 35. The average Bonchev–Trinajstić information content (AvgIpc) is 3.27. The Morgan fingerprint density at radius 2 is 1.11 bits per heavy atom. The number of hydrogen-bond acceptors (Lipinski definition) is 13. The van der Waals surface area contributed by atoms with E-state index >= 15 is 0 Å². The molecule has 0 saturated carbocycles. The number of nitrogens with one attached hydrogen (secondary N) is 1. The molecule has 2 aliphatic rings. The van der Waals surface area contributed by atoms with E-state index in [1.165, 1.54) is 57.8 Å². The topological polar surface area (TPSA) is 228 Å². The fourth-order valence-corrected chi connectivity index (χ4v) is 7.60. The van der Waals surface area contributed by atoms with E-state index in [-0.39, 0.29) is 18.9 Å². The Balaban J connectivity index is 1.89. The molecule has 0 bridgehead atoms. The smallest absolute Gasteiger partial charge is 0.220 e. The van der Waals surface area contributed by atoms with Gasteiger partial charge in [0, 0.05) is 6.42 Å². The molecule has 0 aliphatic carbocycles. The van der Waals surface area contributed by atoms with Gasteiger partial charge in [-0.1, -0.05) is 146 Å². The number of allylic oxidation sites excluding steroid dienone is 7. The number of hydrogen-bond donors (Lipinski definition) is 9. The van der Waals surface area contributed by atoms with Gasteiger partial charge in [0.15, 0.2) is 12.6 Å². The van der Waals surface area contributed by atoms with Crippen molar-refractivity contribution in [1.82, 2.24) is 5.32 Å². The van der Waals surface area contributed by atoms with Crippen LogP contribution in [0.3, 0.4) is 0 Å². The number of carbonyl (C=O) groups excluding carboxylic acids is 1. The summed E-state index contributed by atoms with van der Waals surface area (Å²) >= 11 is 0. The van der Waals surface area contributed by atoms with Crippen LogP contribution in [0.1, 0.15) is 155 Å². The van der Waals surface area contributed by atoms with Crippen molar-refractivity contribution in [1.29, 1.82) is 0 Å². The molecule has 2 aliphatic heterocycles. The van der Waals surface area contributed by atoms with E-state index in [1.807, 2.05) is 6.08 Å². The van der Waals surface area contributed by atoms with Gasteiger partial charge in [0.25, 0.3) is 0 Å². The van der Waals surface area contributed by atoms with Crippen LogP contribution in [0.4, 0.5) is 0 Å². The number of ether oxygens (including phenoxy) is 4.